The zero-order valence-corrected chi connectivity index (χ0v) is 13.2. The van der Waals surface area contributed by atoms with Gasteiger partial charge in [-0.15, -0.1) is 0 Å². The monoisotopic (exact) mass is 359 g/mol. The van der Waals surface area contributed by atoms with Crippen molar-refractivity contribution in [2.75, 3.05) is 26.2 Å². The molecule has 0 spiro atoms. The predicted octanol–water partition coefficient (Wildman–Crippen LogP) is 3.79. The minimum Gasteiger partial charge on any atom is -0.492 e. The van der Waals surface area contributed by atoms with Gasteiger partial charge in [0.25, 0.3) is 0 Å². The number of rotatable bonds is 5. The fourth-order valence-corrected chi connectivity index (χ4v) is 3.06. The summed E-state index contributed by atoms with van der Waals surface area (Å²) in [7, 11) is 0. The van der Waals surface area contributed by atoms with Gasteiger partial charge in [-0.1, -0.05) is 19.1 Å². The SMILES string of the molecule is CC1CCCN(CCCOc2ccccc2I)C1. The van der Waals surface area contributed by atoms with E-state index < -0.39 is 0 Å². The van der Waals surface area contributed by atoms with Crippen LogP contribution in [0.15, 0.2) is 24.3 Å². The Bertz CT molecular complexity index is 369. The standard InChI is InChI=1S/C15H22INO/c1-13-6-4-9-17(12-13)10-5-11-18-15-8-3-2-7-14(15)16/h2-3,7-8,13H,4-6,9-12H2,1H3. The van der Waals surface area contributed by atoms with Crippen molar-refractivity contribution in [3.63, 3.8) is 0 Å². The van der Waals surface area contributed by atoms with Crippen molar-refractivity contribution < 1.29 is 4.74 Å². The van der Waals surface area contributed by atoms with E-state index in [1.165, 1.54) is 36.0 Å². The molecular formula is C15H22INO. The van der Waals surface area contributed by atoms with Crippen molar-refractivity contribution in [1.29, 1.82) is 0 Å². The second-order valence-electron chi connectivity index (χ2n) is 5.18. The van der Waals surface area contributed by atoms with Gasteiger partial charge in [0, 0.05) is 13.1 Å². The molecule has 1 heterocycles. The Morgan fingerprint density at radius 3 is 3.00 bits per heavy atom. The number of piperidine rings is 1. The van der Waals surface area contributed by atoms with Gasteiger partial charge in [-0.2, -0.15) is 0 Å². The molecule has 0 bridgehead atoms. The molecule has 0 saturated carbocycles. The van der Waals surface area contributed by atoms with E-state index in [0.717, 1.165) is 24.7 Å². The lowest BCUT2D eigenvalue weighted by molar-refractivity contribution is 0.170. The first-order valence-electron chi connectivity index (χ1n) is 6.85. The lowest BCUT2D eigenvalue weighted by atomic mass is 10.0. The number of ether oxygens (including phenoxy) is 1. The molecule has 1 saturated heterocycles. The minimum absolute atomic E-state index is 0.824. The summed E-state index contributed by atoms with van der Waals surface area (Å²) in [6.07, 6.45) is 3.88. The average molecular weight is 359 g/mol. The Morgan fingerprint density at radius 2 is 2.22 bits per heavy atom. The van der Waals surface area contributed by atoms with E-state index >= 15 is 0 Å². The first-order chi connectivity index (χ1) is 8.75. The Hall–Kier alpha value is -0.290. The lowest BCUT2D eigenvalue weighted by Crippen LogP contribution is -2.35. The number of hydrogen-bond donors (Lipinski definition) is 0. The summed E-state index contributed by atoms with van der Waals surface area (Å²) in [4.78, 5) is 2.58. The van der Waals surface area contributed by atoms with Crippen LogP contribution in [0.3, 0.4) is 0 Å². The molecule has 0 amide bonds. The van der Waals surface area contributed by atoms with Gasteiger partial charge in [0.2, 0.25) is 0 Å². The number of nitrogens with zero attached hydrogens (tertiary/aromatic N) is 1. The van der Waals surface area contributed by atoms with Gasteiger partial charge in [0.15, 0.2) is 0 Å². The maximum Gasteiger partial charge on any atom is 0.132 e. The van der Waals surface area contributed by atoms with Gasteiger partial charge in [0.05, 0.1) is 10.2 Å². The Kier molecular flexibility index (Phi) is 5.76. The second-order valence-corrected chi connectivity index (χ2v) is 6.34. The van der Waals surface area contributed by atoms with E-state index in [4.69, 9.17) is 4.74 Å². The van der Waals surface area contributed by atoms with E-state index in [9.17, 15) is 0 Å². The first-order valence-corrected chi connectivity index (χ1v) is 7.93. The van der Waals surface area contributed by atoms with Crippen molar-refractivity contribution in [3.05, 3.63) is 27.8 Å². The van der Waals surface area contributed by atoms with Crippen LogP contribution >= 0.6 is 22.6 Å². The van der Waals surface area contributed by atoms with Gasteiger partial charge < -0.3 is 9.64 Å². The smallest absolute Gasteiger partial charge is 0.132 e. The van der Waals surface area contributed by atoms with E-state index in [0.29, 0.717) is 0 Å². The molecule has 2 nitrogen and oxygen atoms in total. The van der Waals surface area contributed by atoms with E-state index in [-0.39, 0.29) is 0 Å². The van der Waals surface area contributed by atoms with Gasteiger partial charge in [-0.25, -0.2) is 0 Å². The highest BCUT2D eigenvalue weighted by atomic mass is 127. The quantitative estimate of drug-likeness (QED) is 0.586. The number of halogens is 1. The third-order valence-electron chi connectivity index (χ3n) is 3.45. The second kappa shape index (κ2) is 7.34. The van der Waals surface area contributed by atoms with Gasteiger partial charge in [-0.05, 0) is 66.4 Å². The molecule has 0 radical (unpaired) electrons. The van der Waals surface area contributed by atoms with Crippen LogP contribution < -0.4 is 4.74 Å². The maximum atomic E-state index is 5.82. The van der Waals surface area contributed by atoms with Crippen molar-refractivity contribution in [1.82, 2.24) is 4.90 Å². The van der Waals surface area contributed by atoms with Crippen LogP contribution in [-0.4, -0.2) is 31.1 Å². The molecule has 18 heavy (non-hydrogen) atoms. The summed E-state index contributed by atoms with van der Waals surface area (Å²) >= 11 is 2.32. The molecule has 1 aromatic rings. The summed E-state index contributed by atoms with van der Waals surface area (Å²) in [6.45, 7) is 6.89. The molecule has 0 N–H and O–H groups in total. The minimum atomic E-state index is 0.824. The van der Waals surface area contributed by atoms with E-state index in [2.05, 4.69) is 40.5 Å². The maximum absolute atomic E-state index is 5.82. The zero-order chi connectivity index (χ0) is 12.8. The molecule has 1 unspecified atom stereocenters. The number of para-hydroxylation sites is 1. The van der Waals surface area contributed by atoms with E-state index in [1.807, 2.05) is 18.2 Å². The summed E-state index contributed by atoms with van der Waals surface area (Å²) in [5.41, 5.74) is 0. The van der Waals surface area contributed by atoms with Crippen LogP contribution in [0.1, 0.15) is 26.2 Å². The zero-order valence-electron chi connectivity index (χ0n) is 11.1. The molecule has 1 atom stereocenters. The number of hydrogen-bond acceptors (Lipinski definition) is 2. The summed E-state index contributed by atoms with van der Waals surface area (Å²) in [6, 6.07) is 8.21. The number of benzene rings is 1. The van der Waals surface area contributed by atoms with Crippen LogP contribution in [-0.2, 0) is 0 Å². The normalized spacial score (nSPS) is 20.9. The number of likely N-dealkylation sites (tertiary alicyclic amines) is 1. The Balaban J connectivity index is 1.65. The Labute approximate surface area is 124 Å². The third kappa shape index (κ3) is 4.43. The first kappa shape index (κ1) is 14.1. The van der Waals surface area contributed by atoms with Gasteiger partial charge in [0.1, 0.15) is 5.75 Å². The van der Waals surface area contributed by atoms with Crippen molar-refractivity contribution in [2.45, 2.75) is 26.2 Å². The van der Waals surface area contributed by atoms with Crippen LogP contribution in [0, 0.1) is 9.49 Å². The van der Waals surface area contributed by atoms with Crippen molar-refractivity contribution >= 4 is 22.6 Å². The lowest BCUT2D eigenvalue weighted by Gasteiger charge is -2.30. The van der Waals surface area contributed by atoms with Crippen LogP contribution in [0.25, 0.3) is 0 Å². The molecule has 0 aliphatic carbocycles. The van der Waals surface area contributed by atoms with Crippen molar-refractivity contribution in [2.24, 2.45) is 5.92 Å². The molecule has 3 heteroatoms. The summed E-state index contributed by atoms with van der Waals surface area (Å²) < 4.78 is 7.02. The molecule has 2 rings (SSSR count). The highest BCUT2D eigenvalue weighted by molar-refractivity contribution is 14.1. The topological polar surface area (TPSA) is 12.5 Å². The molecule has 100 valence electrons. The largest absolute Gasteiger partial charge is 0.492 e. The van der Waals surface area contributed by atoms with Crippen LogP contribution in [0.5, 0.6) is 5.75 Å². The van der Waals surface area contributed by atoms with Gasteiger partial charge in [-0.3, -0.25) is 0 Å². The van der Waals surface area contributed by atoms with Gasteiger partial charge >= 0.3 is 0 Å². The molecule has 1 fully saturated rings. The van der Waals surface area contributed by atoms with Crippen LogP contribution in [0.4, 0.5) is 0 Å². The Morgan fingerprint density at radius 1 is 1.39 bits per heavy atom. The summed E-state index contributed by atoms with van der Waals surface area (Å²) in [5, 5.41) is 0. The molecular weight excluding hydrogens is 337 g/mol. The fourth-order valence-electron chi connectivity index (χ4n) is 2.52. The van der Waals surface area contributed by atoms with Crippen molar-refractivity contribution in [3.8, 4) is 5.75 Å². The average Bonchev–Trinajstić information content (AvgIpc) is 2.37. The molecule has 0 aromatic heterocycles. The highest BCUT2D eigenvalue weighted by Gasteiger charge is 2.15. The fraction of sp³-hybridized carbons (Fsp3) is 0.600. The molecule has 1 aliphatic heterocycles. The molecule has 1 aliphatic rings. The summed E-state index contributed by atoms with van der Waals surface area (Å²) in [5.74, 6) is 1.89. The highest BCUT2D eigenvalue weighted by Crippen LogP contribution is 2.20. The molecule has 1 aromatic carbocycles. The van der Waals surface area contributed by atoms with Crippen LogP contribution in [0.2, 0.25) is 0 Å². The van der Waals surface area contributed by atoms with E-state index in [1.54, 1.807) is 0 Å². The predicted molar refractivity (Wildman–Crippen MR) is 84.1 cm³/mol. The third-order valence-corrected chi connectivity index (χ3v) is 4.35.